The minimum absolute atomic E-state index is 0.120. The van der Waals surface area contributed by atoms with Gasteiger partial charge in [-0.25, -0.2) is 5.43 Å². The predicted octanol–water partition coefficient (Wildman–Crippen LogP) is 4.94. The summed E-state index contributed by atoms with van der Waals surface area (Å²) in [4.78, 5) is 12.0. The Bertz CT molecular complexity index is 1010. The summed E-state index contributed by atoms with van der Waals surface area (Å²) in [5, 5.41) is 9.39. The van der Waals surface area contributed by atoms with Gasteiger partial charge in [-0.3, -0.25) is 4.79 Å². The fourth-order valence-electron chi connectivity index (χ4n) is 2.59. The Labute approximate surface area is 174 Å². The van der Waals surface area contributed by atoms with Crippen LogP contribution in [0.25, 0.3) is 10.8 Å². The van der Waals surface area contributed by atoms with Crippen LogP contribution in [-0.4, -0.2) is 25.8 Å². The number of rotatable bonds is 6. The summed E-state index contributed by atoms with van der Waals surface area (Å²) < 4.78 is 7.02. The molecule has 0 atom stereocenters. The van der Waals surface area contributed by atoms with Crippen molar-refractivity contribution in [1.82, 2.24) is 5.43 Å². The fraction of sp³-hybridized carbons (Fsp3) is 0.100. The number of anilines is 1. The number of benzene rings is 3. The van der Waals surface area contributed by atoms with E-state index < -0.39 is 0 Å². The van der Waals surface area contributed by atoms with Gasteiger partial charge in [0.05, 0.1) is 24.3 Å². The highest BCUT2D eigenvalue weighted by atomic mass is 79.9. The Morgan fingerprint density at radius 3 is 2.67 bits per heavy atom. The number of amides is 1. The van der Waals surface area contributed by atoms with Crippen LogP contribution in [0, 0.1) is 0 Å². The highest BCUT2D eigenvalue weighted by molar-refractivity contribution is 9.11. The highest BCUT2D eigenvalue weighted by Gasteiger charge is 2.08. The molecule has 0 unspecified atom stereocenters. The lowest BCUT2D eigenvalue weighted by molar-refractivity contribution is -0.119. The minimum Gasteiger partial charge on any atom is -0.495 e. The van der Waals surface area contributed by atoms with E-state index in [-0.39, 0.29) is 12.5 Å². The molecule has 0 saturated heterocycles. The van der Waals surface area contributed by atoms with Crippen molar-refractivity contribution >= 4 is 60.4 Å². The van der Waals surface area contributed by atoms with Gasteiger partial charge in [-0.1, -0.05) is 46.3 Å². The maximum absolute atomic E-state index is 12.0. The molecule has 0 radical (unpaired) electrons. The molecule has 0 spiro atoms. The normalized spacial score (nSPS) is 10.9. The summed E-state index contributed by atoms with van der Waals surface area (Å²) >= 11 is 6.85. The van der Waals surface area contributed by atoms with Crippen molar-refractivity contribution in [2.45, 2.75) is 0 Å². The van der Waals surface area contributed by atoms with Gasteiger partial charge in [-0.05, 0) is 51.0 Å². The van der Waals surface area contributed by atoms with Crippen LogP contribution in [0.1, 0.15) is 5.56 Å². The third-order valence-corrected chi connectivity index (χ3v) is 4.88. The lowest BCUT2D eigenvalue weighted by Crippen LogP contribution is -2.25. The van der Waals surface area contributed by atoms with Crippen LogP contribution >= 0.6 is 31.9 Å². The summed E-state index contributed by atoms with van der Waals surface area (Å²) in [5.74, 6) is 0.401. The number of hydrazone groups is 1. The second-order valence-electron chi connectivity index (χ2n) is 5.72. The van der Waals surface area contributed by atoms with Crippen LogP contribution in [0.15, 0.2) is 68.6 Å². The van der Waals surface area contributed by atoms with Crippen molar-refractivity contribution < 1.29 is 9.53 Å². The maximum atomic E-state index is 12.0. The molecular weight excluding hydrogens is 474 g/mol. The number of halogens is 2. The first kappa shape index (κ1) is 19.4. The van der Waals surface area contributed by atoms with E-state index in [1.807, 2.05) is 48.5 Å². The van der Waals surface area contributed by atoms with Crippen LogP contribution in [-0.2, 0) is 4.79 Å². The minimum atomic E-state index is -0.243. The second-order valence-corrected chi connectivity index (χ2v) is 7.49. The van der Waals surface area contributed by atoms with Crippen molar-refractivity contribution in [3.63, 3.8) is 0 Å². The average molecular weight is 491 g/mol. The third-order valence-electron chi connectivity index (χ3n) is 3.84. The van der Waals surface area contributed by atoms with Crippen molar-refractivity contribution in [2.75, 3.05) is 19.0 Å². The largest absolute Gasteiger partial charge is 0.495 e. The van der Waals surface area contributed by atoms with Crippen molar-refractivity contribution in [3.8, 4) is 5.75 Å². The van der Waals surface area contributed by atoms with Crippen molar-refractivity contribution in [2.24, 2.45) is 5.10 Å². The Morgan fingerprint density at radius 2 is 1.89 bits per heavy atom. The summed E-state index contributed by atoms with van der Waals surface area (Å²) in [6.45, 7) is 0.120. The molecule has 0 aliphatic rings. The number of fused-ring (bicyclic) bond motifs is 1. The lowest BCUT2D eigenvalue weighted by Gasteiger charge is -2.08. The summed E-state index contributed by atoms with van der Waals surface area (Å²) in [7, 11) is 1.58. The molecule has 0 saturated carbocycles. The Hall–Kier alpha value is -2.38. The van der Waals surface area contributed by atoms with E-state index in [9.17, 15) is 4.79 Å². The standard InChI is InChI=1S/C20H17Br2N3O2/c1-27-20-15(8-16(21)10-18(20)22)11-24-25-19(26)12-23-17-7-6-13-4-2-3-5-14(13)9-17/h2-11,23H,12H2,1H3,(H,25,26)/b24-11-. The monoisotopic (exact) mass is 489 g/mol. The number of hydrogen-bond donors (Lipinski definition) is 2. The van der Waals surface area contributed by atoms with Gasteiger partial charge in [-0.2, -0.15) is 5.10 Å². The Kier molecular flexibility index (Phi) is 6.47. The van der Waals surface area contributed by atoms with Gasteiger partial charge in [0, 0.05) is 15.7 Å². The number of carbonyl (C=O) groups is 1. The average Bonchev–Trinajstić information content (AvgIpc) is 2.66. The predicted molar refractivity (Wildman–Crippen MR) is 117 cm³/mol. The van der Waals surface area contributed by atoms with E-state index in [2.05, 4.69) is 53.8 Å². The highest BCUT2D eigenvalue weighted by Crippen LogP contribution is 2.31. The van der Waals surface area contributed by atoms with Crippen LogP contribution in [0.5, 0.6) is 5.75 Å². The summed E-state index contributed by atoms with van der Waals surface area (Å²) in [5.41, 5.74) is 4.13. The van der Waals surface area contributed by atoms with Gasteiger partial charge < -0.3 is 10.1 Å². The number of hydrogen-bond acceptors (Lipinski definition) is 4. The molecule has 27 heavy (non-hydrogen) atoms. The third kappa shape index (κ3) is 5.08. The maximum Gasteiger partial charge on any atom is 0.259 e. The molecule has 0 fully saturated rings. The second kappa shape index (κ2) is 9.01. The van der Waals surface area contributed by atoms with E-state index in [1.165, 1.54) is 0 Å². The fourth-order valence-corrected chi connectivity index (χ4v) is 4.01. The molecule has 7 heteroatoms. The number of nitrogens with zero attached hydrogens (tertiary/aromatic N) is 1. The van der Waals surface area contributed by atoms with Gasteiger partial charge in [0.15, 0.2) is 0 Å². The van der Waals surface area contributed by atoms with Crippen LogP contribution in [0.3, 0.4) is 0 Å². The number of ether oxygens (including phenoxy) is 1. The molecule has 3 rings (SSSR count). The zero-order valence-corrected chi connectivity index (χ0v) is 17.7. The zero-order valence-electron chi connectivity index (χ0n) is 14.5. The molecule has 1 amide bonds. The number of methoxy groups -OCH3 is 1. The summed E-state index contributed by atoms with van der Waals surface area (Å²) in [6.07, 6.45) is 1.54. The molecule has 0 heterocycles. The van der Waals surface area contributed by atoms with Crippen LogP contribution in [0.2, 0.25) is 0 Å². The SMILES string of the molecule is COc1c(Br)cc(Br)cc1/C=N\NC(=O)CNc1ccc2ccccc2c1. The van der Waals surface area contributed by atoms with E-state index in [0.29, 0.717) is 5.75 Å². The molecule has 0 aromatic heterocycles. The molecule has 3 aromatic carbocycles. The number of carbonyl (C=O) groups excluding carboxylic acids is 1. The zero-order chi connectivity index (χ0) is 19.2. The smallest absolute Gasteiger partial charge is 0.259 e. The number of nitrogens with one attached hydrogen (secondary N) is 2. The van der Waals surface area contributed by atoms with Gasteiger partial charge in [0.1, 0.15) is 5.75 Å². The topological polar surface area (TPSA) is 62.7 Å². The molecule has 138 valence electrons. The lowest BCUT2D eigenvalue weighted by atomic mass is 10.1. The quantitative estimate of drug-likeness (QED) is 0.380. The Morgan fingerprint density at radius 1 is 1.11 bits per heavy atom. The molecule has 0 bridgehead atoms. The molecule has 2 N–H and O–H groups in total. The van der Waals surface area contributed by atoms with Gasteiger partial charge in [0.25, 0.3) is 5.91 Å². The first-order valence-corrected chi connectivity index (χ1v) is 9.73. The first-order chi connectivity index (χ1) is 13.1. The van der Waals surface area contributed by atoms with Crippen LogP contribution in [0.4, 0.5) is 5.69 Å². The molecular formula is C20H17Br2N3O2. The molecule has 3 aromatic rings. The molecule has 0 aliphatic carbocycles. The van der Waals surface area contributed by atoms with Crippen LogP contribution < -0.4 is 15.5 Å². The van der Waals surface area contributed by atoms with Crippen molar-refractivity contribution in [1.29, 1.82) is 0 Å². The van der Waals surface area contributed by atoms with E-state index in [4.69, 9.17) is 4.74 Å². The summed E-state index contributed by atoms with van der Waals surface area (Å²) in [6, 6.07) is 17.8. The van der Waals surface area contributed by atoms with E-state index >= 15 is 0 Å². The molecule has 0 aliphatic heterocycles. The Balaban J connectivity index is 1.58. The van der Waals surface area contributed by atoms with Crippen molar-refractivity contribution in [3.05, 3.63) is 69.1 Å². The molecule has 5 nitrogen and oxygen atoms in total. The van der Waals surface area contributed by atoms with E-state index in [0.717, 1.165) is 31.0 Å². The first-order valence-electron chi connectivity index (χ1n) is 8.14. The van der Waals surface area contributed by atoms with E-state index in [1.54, 1.807) is 13.3 Å². The van der Waals surface area contributed by atoms with Gasteiger partial charge >= 0.3 is 0 Å². The van der Waals surface area contributed by atoms with Gasteiger partial charge in [-0.15, -0.1) is 0 Å². The van der Waals surface area contributed by atoms with Gasteiger partial charge in [0.2, 0.25) is 0 Å².